The molecule has 5 rings (SSSR count). The molecule has 202 valence electrons. The summed E-state index contributed by atoms with van der Waals surface area (Å²) >= 11 is 8.11. The van der Waals surface area contributed by atoms with Gasteiger partial charge in [-0.15, -0.1) is 11.3 Å². The Balaban J connectivity index is 1.48. The SMILES string of the molecule is CNC1CCC(N(Cc2cc(-c3ccc(N(C)C=O)cc3)ccc2F)C(=O)c2sc3ccccc3c2Cl)CC1. The number of halogens is 2. The van der Waals surface area contributed by atoms with Crippen LogP contribution in [0.15, 0.2) is 66.7 Å². The van der Waals surface area contributed by atoms with E-state index in [0.717, 1.165) is 59.0 Å². The lowest BCUT2D eigenvalue weighted by atomic mass is 9.89. The van der Waals surface area contributed by atoms with Crippen LogP contribution in [-0.2, 0) is 11.3 Å². The maximum Gasteiger partial charge on any atom is 0.266 e. The molecule has 1 aromatic heterocycles. The second-order valence-electron chi connectivity index (χ2n) is 10.0. The molecule has 0 aliphatic heterocycles. The van der Waals surface area contributed by atoms with Gasteiger partial charge in [0.1, 0.15) is 10.7 Å². The molecule has 0 radical (unpaired) electrons. The number of nitrogens with zero attached hydrogens (tertiary/aromatic N) is 2. The molecular weight excluding hydrogens is 533 g/mol. The van der Waals surface area contributed by atoms with E-state index in [0.29, 0.717) is 21.5 Å². The fourth-order valence-electron chi connectivity index (χ4n) is 5.33. The standard InChI is InChI=1S/C31H31ClFN3O2S/c1-34-23-10-14-25(15-11-23)36(31(38)30-29(32)26-5-3-4-6-28(26)39-30)18-22-17-21(9-16-27(22)33)20-7-12-24(13-8-20)35(2)19-37/h3-9,12-13,16-17,19,23,25,34H,10-11,14-15,18H2,1-2H3. The van der Waals surface area contributed by atoms with E-state index in [-0.39, 0.29) is 24.3 Å². The van der Waals surface area contributed by atoms with Gasteiger partial charge in [-0.25, -0.2) is 4.39 Å². The Morgan fingerprint density at radius 3 is 2.41 bits per heavy atom. The van der Waals surface area contributed by atoms with Gasteiger partial charge in [0.2, 0.25) is 6.41 Å². The fourth-order valence-corrected chi connectivity index (χ4v) is 6.80. The van der Waals surface area contributed by atoms with Crippen molar-refractivity contribution in [2.45, 2.75) is 44.3 Å². The molecular formula is C31H31ClFN3O2S. The number of thiophene rings is 1. The molecule has 8 heteroatoms. The summed E-state index contributed by atoms with van der Waals surface area (Å²) in [6.07, 6.45) is 4.34. The fraction of sp³-hybridized carbons (Fsp3) is 0.290. The molecule has 0 atom stereocenters. The number of fused-ring (bicyclic) bond motifs is 1. The average molecular weight is 564 g/mol. The van der Waals surface area contributed by atoms with Gasteiger partial charge in [0.15, 0.2) is 0 Å². The predicted molar refractivity (Wildman–Crippen MR) is 158 cm³/mol. The van der Waals surface area contributed by atoms with Gasteiger partial charge in [0, 0.05) is 47.0 Å². The van der Waals surface area contributed by atoms with Crippen molar-refractivity contribution in [3.05, 3.63) is 88.0 Å². The van der Waals surface area contributed by atoms with E-state index in [9.17, 15) is 9.59 Å². The molecule has 1 fully saturated rings. The first-order valence-electron chi connectivity index (χ1n) is 13.1. The van der Waals surface area contributed by atoms with Gasteiger partial charge >= 0.3 is 0 Å². The van der Waals surface area contributed by atoms with Crippen molar-refractivity contribution >= 4 is 51.0 Å². The Morgan fingerprint density at radius 1 is 1.05 bits per heavy atom. The lowest BCUT2D eigenvalue weighted by Gasteiger charge is -2.37. The van der Waals surface area contributed by atoms with Gasteiger partial charge in [-0.3, -0.25) is 9.59 Å². The van der Waals surface area contributed by atoms with Crippen LogP contribution in [0.3, 0.4) is 0 Å². The Kier molecular flexibility index (Phi) is 8.31. The molecule has 1 saturated carbocycles. The minimum atomic E-state index is -0.347. The normalized spacial score (nSPS) is 17.2. The van der Waals surface area contributed by atoms with Crippen molar-refractivity contribution in [1.82, 2.24) is 10.2 Å². The second-order valence-corrected chi connectivity index (χ2v) is 11.5. The third-order valence-electron chi connectivity index (χ3n) is 7.69. The number of hydrogen-bond acceptors (Lipinski definition) is 4. The highest BCUT2D eigenvalue weighted by Gasteiger charge is 2.32. The van der Waals surface area contributed by atoms with E-state index in [1.54, 1.807) is 13.1 Å². The molecule has 0 unspecified atom stereocenters. The van der Waals surface area contributed by atoms with Crippen LogP contribution in [0.5, 0.6) is 0 Å². The van der Waals surface area contributed by atoms with Crippen LogP contribution in [0.1, 0.15) is 40.9 Å². The van der Waals surface area contributed by atoms with Crippen LogP contribution in [-0.4, -0.2) is 43.4 Å². The third-order valence-corrected chi connectivity index (χ3v) is 9.35. The minimum Gasteiger partial charge on any atom is -0.330 e. The summed E-state index contributed by atoms with van der Waals surface area (Å²) in [7, 11) is 3.66. The molecule has 0 spiro atoms. The Labute approximate surface area is 237 Å². The molecule has 39 heavy (non-hydrogen) atoms. The van der Waals surface area contributed by atoms with Crippen molar-refractivity contribution in [1.29, 1.82) is 0 Å². The summed E-state index contributed by atoms with van der Waals surface area (Å²) < 4.78 is 16.2. The Morgan fingerprint density at radius 2 is 1.74 bits per heavy atom. The molecule has 2 amide bonds. The third kappa shape index (κ3) is 5.71. The predicted octanol–water partition coefficient (Wildman–Crippen LogP) is 7.13. The summed E-state index contributed by atoms with van der Waals surface area (Å²) in [5.41, 5.74) is 2.98. The zero-order chi connectivity index (χ0) is 27.5. The lowest BCUT2D eigenvalue weighted by molar-refractivity contribution is -0.107. The van der Waals surface area contributed by atoms with Gasteiger partial charge < -0.3 is 15.1 Å². The number of hydrogen-bond donors (Lipinski definition) is 1. The lowest BCUT2D eigenvalue weighted by Crippen LogP contribution is -2.44. The number of carbonyl (C=O) groups excluding carboxylic acids is 2. The van der Waals surface area contributed by atoms with Gasteiger partial charge in [-0.1, -0.05) is 48.0 Å². The molecule has 3 aromatic carbocycles. The van der Waals surface area contributed by atoms with Crippen LogP contribution in [0.2, 0.25) is 5.02 Å². The highest BCUT2D eigenvalue weighted by molar-refractivity contribution is 7.21. The van der Waals surface area contributed by atoms with Gasteiger partial charge in [0.25, 0.3) is 5.91 Å². The molecule has 0 bridgehead atoms. The molecule has 0 saturated heterocycles. The maximum atomic E-state index is 15.2. The molecule has 1 heterocycles. The zero-order valence-electron chi connectivity index (χ0n) is 22.0. The topological polar surface area (TPSA) is 52.6 Å². The number of benzene rings is 3. The number of nitrogens with one attached hydrogen (secondary N) is 1. The molecule has 1 aliphatic rings. The first kappa shape index (κ1) is 27.3. The van der Waals surface area contributed by atoms with Gasteiger partial charge in [-0.05, 0) is 74.2 Å². The van der Waals surface area contributed by atoms with Crippen LogP contribution < -0.4 is 10.2 Å². The summed E-state index contributed by atoms with van der Waals surface area (Å²) in [6.45, 7) is 0.157. The summed E-state index contributed by atoms with van der Waals surface area (Å²) in [5, 5.41) is 4.67. The van der Waals surface area contributed by atoms with E-state index in [1.165, 1.54) is 22.3 Å². The number of carbonyl (C=O) groups is 2. The smallest absolute Gasteiger partial charge is 0.266 e. The zero-order valence-corrected chi connectivity index (χ0v) is 23.6. The summed E-state index contributed by atoms with van der Waals surface area (Å²) in [4.78, 5) is 29.0. The summed E-state index contributed by atoms with van der Waals surface area (Å²) in [5.74, 6) is -0.500. The highest BCUT2D eigenvalue weighted by atomic mass is 35.5. The van der Waals surface area contributed by atoms with Crippen molar-refractivity contribution in [3.63, 3.8) is 0 Å². The number of amides is 2. The van der Waals surface area contributed by atoms with E-state index in [4.69, 9.17) is 11.6 Å². The Bertz CT molecular complexity index is 1480. The van der Waals surface area contributed by atoms with Gasteiger partial charge in [0.05, 0.1) is 5.02 Å². The van der Waals surface area contributed by atoms with Crippen LogP contribution in [0.4, 0.5) is 10.1 Å². The van der Waals surface area contributed by atoms with Crippen molar-refractivity contribution in [3.8, 4) is 11.1 Å². The number of anilines is 1. The van der Waals surface area contributed by atoms with Gasteiger partial charge in [-0.2, -0.15) is 0 Å². The van der Waals surface area contributed by atoms with Crippen LogP contribution in [0, 0.1) is 5.82 Å². The quantitative estimate of drug-likeness (QED) is 0.232. The summed E-state index contributed by atoms with van der Waals surface area (Å²) in [6, 6.07) is 20.7. The van der Waals surface area contributed by atoms with Crippen LogP contribution >= 0.6 is 22.9 Å². The maximum absolute atomic E-state index is 15.2. The first-order valence-corrected chi connectivity index (χ1v) is 14.3. The molecule has 1 aliphatic carbocycles. The van der Waals surface area contributed by atoms with E-state index >= 15 is 4.39 Å². The highest BCUT2D eigenvalue weighted by Crippen LogP contribution is 2.38. The molecule has 4 aromatic rings. The number of rotatable bonds is 8. The molecule has 5 nitrogen and oxygen atoms in total. The second kappa shape index (κ2) is 11.9. The van der Waals surface area contributed by atoms with E-state index < -0.39 is 0 Å². The average Bonchev–Trinajstić information content (AvgIpc) is 3.32. The van der Waals surface area contributed by atoms with Crippen molar-refractivity contribution in [2.24, 2.45) is 0 Å². The van der Waals surface area contributed by atoms with Crippen molar-refractivity contribution < 1.29 is 14.0 Å². The largest absolute Gasteiger partial charge is 0.330 e. The molecule has 1 N–H and O–H groups in total. The van der Waals surface area contributed by atoms with E-state index in [2.05, 4.69) is 5.32 Å². The van der Waals surface area contributed by atoms with E-state index in [1.807, 2.05) is 66.5 Å². The monoisotopic (exact) mass is 563 g/mol. The van der Waals surface area contributed by atoms with Crippen molar-refractivity contribution in [2.75, 3.05) is 19.0 Å². The first-order chi connectivity index (χ1) is 18.9. The Hall–Kier alpha value is -3.26. The van der Waals surface area contributed by atoms with Crippen LogP contribution in [0.25, 0.3) is 21.2 Å². The minimum absolute atomic E-state index is 0.00963.